The molecule has 0 saturated carbocycles. The molecule has 3 heterocycles. The number of nitrogen functional groups attached to an aromatic ring is 1. The molecule has 9 heteroatoms. The van der Waals surface area contributed by atoms with Crippen molar-refractivity contribution in [2.75, 3.05) is 5.73 Å². The Morgan fingerprint density at radius 2 is 1.85 bits per heavy atom. The Labute approximate surface area is 167 Å². The zero-order valence-electron chi connectivity index (χ0n) is 14.7. The molecule has 0 fully saturated rings. The van der Waals surface area contributed by atoms with Crippen LogP contribution in [0.2, 0.25) is 0 Å². The minimum absolute atomic E-state index is 0. The molecule has 0 spiro atoms. The van der Waals surface area contributed by atoms with E-state index in [1.165, 1.54) is 17.0 Å². The molecule has 4 rings (SSSR count). The Morgan fingerprint density at radius 3 is 2.56 bits per heavy atom. The molecular weight excluding hydrogens is 387 g/mol. The molecule has 0 unspecified atom stereocenters. The van der Waals surface area contributed by atoms with Crippen LogP contribution in [0.5, 0.6) is 0 Å². The average Bonchev–Trinajstić information content (AvgIpc) is 2.98. The lowest BCUT2D eigenvalue weighted by atomic mass is 10.1. The highest BCUT2D eigenvalue weighted by atomic mass is 35.5. The van der Waals surface area contributed by atoms with Gasteiger partial charge in [0.2, 0.25) is 5.56 Å². The summed E-state index contributed by atoms with van der Waals surface area (Å²) >= 11 is 0. The molecule has 0 aliphatic rings. The summed E-state index contributed by atoms with van der Waals surface area (Å²) in [6.45, 7) is 2.02. The number of pyridine rings is 1. The molecule has 0 bridgehead atoms. The summed E-state index contributed by atoms with van der Waals surface area (Å²) < 4.78 is 3.41. The van der Waals surface area contributed by atoms with Gasteiger partial charge in [0, 0.05) is 24.9 Å². The van der Waals surface area contributed by atoms with Crippen molar-refractivity contribution in [2.45, 2.75) is 6.92 Å². The predicted molar refractivity (Wildman–Crippen MR) is 111 cm³/mol. The van der Waals surface area contributed by atoms with Crippen molar-refractivity contribution in [1.29, 1.82) is 0 Å². The molecule has 3 aromatic heterocycles. The highest BCUT2D eigenvalue weighted by molar-refractivity contribution is 5.87. The van der Waals surface area contributed by atoms with E-state index in [0.29, 0.717) is 22.8 Å². The van der Waals surface area contributed by atoms with Gasteiger partial charge in [-0.3, -0.25) is 9.36 Å². The number of rotatable bonds is 2. The minimum atomic E-state index is -0.0839. The molecular formula is C18H18Cl2N6O. The van der Waals surface area contributed by atoms with Gasteiger partial charge in [-0.1, -0.05) is 23.8 Å². The number of fused-ring (bicyclic) bond motifs is 1. The van der Waals surface area contributed by atoms with Crippen LogP contribution in [0.25, 0.3) is 28.2 Å². The maximum atomic E-state index is 11.8. The highest BCUT2D eigenvalue weighted by Crippen LogP contribution is 2.29. The summed E-state index contributed by atoms with van der Waals surface area (Å²) in [7, 11) is 1.71. The highest BCUT2D eigenvalue weighted by Gasteiger charge is 2.18. The van der Waals surface area contributed by atoms with Gasteiger partial charge < -0.3 is 10.3 Å². The Hall–Kier alpha value is -2.90. The van der Waals surface area contributed by atoms with Gasteiger partial charge in [0.05, 0.1) is 5.69 Å². The fraction of sp³-hybridized carbons (Fsp3) is 0.111. The molecule has 0 atom stereocenters. The smallest absolute Gasteiger partial charge is 0.250 e. The van der Waals surface area contributed by atoms with E-state index < -0.39 is 0 Å². The van der Waals surface area contributed by atoms with Gasteiger partial charge in [-0.05, 0) is 19.1 Å². The van der Waals surface area contributed by atoms with E-state index in [1.54, 1.807) is 19.3 Å². The summed E-state index contributed by atoms with van der Waals surface area (Å²) in [5, 5.41) is 0. The molecule has 0 radical (unpaired) electrons. The Bertz CT molecular complexity index is 1170. The van der Waals surface area contributed by atoms with E-state index in [1.807, 2.05) is 35.8 Å². The fourth-order valence-electron chi connectivity index (χ4n) is 2.84. The first-order valence-corrected chi connectivity index (χ1v) is 7.77. The quantitative estimate of drug-likeness (QED) is 0.554. The number of halogens is 2. The Balaban J connectivity index is 0.00000131. The van der Waals surface area contributed by atoms with Gasteiger partial charge >= 0.3 is 0 Å². The van der Waals surface area contributed by atoms with E-state index >= 15 is 0 Å². The van der Waals surface area contributed by atoms with Crippen molar-refractivity contribution in [2.24, 2.45) is 7.05 Å². The van der Waals surface area contributed by atoms with Crippen LogP contribution >= 0.6 is 24.8 Å². The standard InChI is InChI=1S/C18H16N6O.2ClH/c1-11-4-3-5-12(8-11)17-22-15-16(19)20-10-21-18(15)24(17)13-6-7-14(25)23(2)9-13;;/h3-10H,1-2H3,(H2,19,20,21);2*1H. The van der Waals surface area contributed by atoms with Crippen LogP contribution < -0.4 is 11.3 Å². The van der Waals surface area contributed by atoms with Crippen molar-refractivity contribution in [1.82, 2.24) is 24.1 Å². The third-order valence-electron chi connectivity index (χ3n) is 4.08. The molecule has 2 N–H and O–H groups in total. The SMILES string of the molecule is Cc1cccc(-c2nc3c(N)ncnc3n2-c2ccc(=O)n(C)c2)c1.Cl.Cl. The number of nitrogens with zero attached hydrogens (tertiary/aromatic N) is 5. The molecule has 0 amide bonds. The van der Waals surface area contributed by atoms with Crippen LogP contribution in [0.1, 0.15) is 5.56 Å². The van der Waals surface area contributed by atoms with Gasteiger partial charge in [0.1, 0.15) is 12.2 Å². The molecule has 4 aromatic rings. The van der Waals surface area contributed by atoms with Crippen LogP contribution in [0.4, 0.5) is 5.82 Å². The lowest BCUT2D eigenvalue weighted by molar-refractivity contribution is 0.846. The maximum absolute atomic E-state index is 11.8. The van der Waals surface area contributed by atoms with E-state index in [0.717, 1.165) is 16.8 Å². The number of imidazole rings is 1. The molecule has 7 nitrogen and oxygen atoms in total. The summed E-state index contributed by atoms with van der Waals surface area (Å²) in [5.41, 5.74) is 9.88. The lowest BCUT2D eigenvalue weighted by Crippen LogP contribution is -2.15. The second kappa shape index (κ2) is 7.77. The number of nitrogens with two attached hydrogens (primary N) is 1. The normalized spacial score (nSPS) is 10.3. The first kappa shape index (κ1) is 20.4. The average molecular weight is 405 g/mol. The van der Waals surface area contributed by atoms with Gasteiger partial charge in [0.15, 0.2) is 17.0 Å². The van der Waals surface area contributed by atoms with E-state index in [-0.39, 0.29) is 30.4 Å². The lowest BCUT2D eigenvalue weighted by Gasteiger charge is -2.10. The van der Waals surface area contributed by atoms with Crippen molar-refractivity contribution in [3.8, 4) is 17.1 Å². The number of anilines is 1. The van der Waals surface area contributed by atoms with E-state index in [9.17, 15) is 4.79 Å². The zero-order chi connectivity index (χ0) is 17.6. The van der Waals surface area contributed by atoms with Crippen LogP contribution in [0, 0.1) is 6.92 Å². The second-order valence-corrected chi connectivity index (χ2v) is 5.91. The Kier molecular flexibility index (Phi) is 5.88. The number of hydrogen-bond acceptors (Lipinski definition) is 5. The minimum Gasteiger partial charge on any atom is -0.382 e. The van der Waals surface area contributed by atoms with Crippen molar-refractivity contribution < 1.29 is 0 Å². The van der Waals surface area contributed by atoms with Gasteiger partial charge in [-0.25, -0.2) is 15.0 Å². The van der Waals surface area contributed by atoms with Gasteiger partial charge in [0.25, 0.3) is 0 Å². The first-order valence-electron chi connectivity index (χ1n) is 7.77. The maximum Gasteiger partial charge on any atom is 0.250 e. The van der Waals surface area contributed by atoms with Crippen LogP contribution in [-0.4, -0.2) is 24.1 Å². The molecule has 27 heavy (non-hydrogen) atoms. The molecule has 0 aliphatic heterocycles. The monoisotopic (exact) mass is 404 g/mol. The van der Waals surface area contributed by atoms with Crippen LogP contribution in [0.15, 0.2) is 53.7 Å². The van der Waals surface area contributed by atoms with Crippen molar-refractivity contribution in [3.63, 3.8) is 0 Å². The van der Waals surface area contributed by atoms with Crippen LogP contribution in [0.3, 0.4) is 0 Å². The summed E-state index contributed by atoms with van der Waals surface area (Å²) in [4.78, 5) is 24.8. The number of aryl methyl sites for hydroxylation is 2. The summed E-state index contributed by atoms with van der Waals surface area (Å²) in [6.07, 6.45) is 3.17. The fourth-order valence-corrected chi connectivity index (χ4v) is 2.84. The molecule has 0 saturated heterocycles. The van der Waals surface area contributed by atoms with Crippen LogP contribution in [-0.2, 0) is 7.05 Å². The molecule has 140 valence electrons. The number of benzene rings is 1. The topological polar surface area (TPSA) is 91.6 Å². The number of hydrogen-bond donors (Lipinski definition) is 1. The predicted octanol–water partition coefficient (Wildman–Crippen LogP) is 2.92. The Morgan fingerprint density at radius 1 is 1.07 bits per heavy atom. The first-order chi connectivity index (χ1) is 12.0. The molecule has 1 aromatic carbocycles. The summed E-state index contributed by atoms with van der Waals surface area (Å²) in [6, 6.07) is 11.3. The van der Waals surface area contributed by atoms with Gasteiger partial charge in [-0.15, -0.1) is 24.8 Å². The second-order valence-electron chi connectivity index (χ2n) is 5.91. The van der Waals surface area contributed by atoms with Crippen molar-refractivity contribution >= 4 is 41.8 Å². The van der Waals surface area contributed by atoms with E-state index in [4.69, 9.17) is 5.73 Å². The largest absolute Gasteiger partial charge is 0.382 e. The van der Waals surface area contributed by atoms with Gasteiger partial charge in [-0.2, -0.15) is 0 Å². The molecule has 0 aliphatic carbocycles. The zero-order valence-corrected chi connectivity index (χ0v) is 16.3. The summed E-state index contributed by atoms with van der Waals surface area (Å²) in [5.74, 6) is 1.02. The van der Waals surface area contributed by atoms with Crippen molar-refractivity contribution in [3.05, 3.63) is 64.8 Å². The number of aromatic nitrogens is 5. The third-order valence-corrected chi connectivity index (χ3v) is 4.08. The van der Waals surface area contributed by atoms with E-state index in [2.05, 4.69) is 15.0 Å². The third kappa shape index (κ3) is 3.51.